The Morgan fingerprint density at radius 1 is 1.38 bits per heavy atom. The van der Waals surface area contributed by atoms with Crippen LogP contribution in [0.25, 0.3) is 0 Å². The normalized spacial score (nSPS) is 15.7. The maximum absolute atomic E-state index is 5.07. The van der Waals surface area contributed by atoms with Crippen molar-refractivity contribution in [2.24, 2.45) is 5.92 Å². The van der Waals surface area contributed by atoms with E-state index >= 15 is 0 Å². The summed E-state index contributed by atoms with van der Waals surface area (Å²) >= 11 is 1.91. The molecule has 0 rings (SSSR count). The third kappa shape index (κ3) is 8.60. The van der Waals surface area contributed by atoms with E-state index in [1.54, 1.807) is 7.11 Å². The van der Waals surface area contributed by atoms with Gasteiger partial charge in [0.1, 0.15) is 0 Å². The molecule has 0 spiro atoms. The lowest BCUT2D eigenvalue weighted by molar-refractivity contribution is 0.157. The van der Waals surface area contributed by atoms with Gasteiger partial charge in [0.15, 0.2) is 0 Å². The van der Waals surface area contributed by atoms with Crippen molar-refractivity contribution in [2.75, 3.05) is 32.3 Å². The Balaban J connectivity index is 3.29. The smallest absolute Gasteiger partial charge is 0.0499 e. The molecule has 2 atom stereocenters. The van der Waals surface area contributed by atoms with E-state index in [1.807, 2.05) is 11.8 Å². The first-order valence-corrected chi connectivity index (χ1v) is 6.31. The van der Waals surface area contributed by atoms with Crippen molar-refractivity contribution in [3.05, 3.63) is 0 Å². The topological polar surface area (TPSA) is 21.3 Å². The van der Waals surface area contributed by atoms with Crippen LogP contribution in [0.15, 0.2) is 0 Å². The number of thioether (sulfide) groups is 1. The minimum absolute atomic E-state index is 0.613. The molecule has 2 nitrogen and oxygen atoms in total. The van der Waals surface area contributed by atoms with E-state index in [4.69, 9.17) is 4.74 Å². The van der Waals surface area contributed by atoms with Crippen LogP contribution in [0.3, 0.4) is 0 Å². The van der Waals surface area contributed by atoms with Gasteiger partial charge in [-0.25, -0.2) is 0 Å². The standard InChI is InChI=1S/C10H23NOS/c1-9(8-12-3)7-11-10(2)5-6-13-4/h9-11H,5-8H2,1-4H3. The van der Waals surface area contributed by atoms with E-state index in [9.17, 15) is 0 Å². The number of ether oxygens (including phenoxy) is 1. The summed E-state index contributed by atoms with van der Waals surface area (Å²) in [6, 6.07) is 0.631. The van der Waals surface area contributed by atoms with E-state index in [1.165, 1.54) is 12.2 Å². The molecule has 0 aromatic rings. The molecule has 2 unspecified atom stereocenters. The quantitative estimate of drug-likeness (QED) is 0.655. The largest absolute Gasteiger partial charge is 0.384 e. The zero-order valence-corrected chi connectivity index (χ0v) is 10.1. The Labute approximate surface area is 86.8 Å². The van der Waals surface area contributed by atoms with Crippen molar-refractivity contribution >= 4 is 11.8 Å². The molecule has 0 aliphatic carbocycles. The lowest BCUT2D eigenvalue weighted by Gasteiger charge is -2.16. The SMILES string of the molecule is COCC(C)CNC(C)CCSC. The molecule has 3 heteroatoms. The molecule has 13 heavy (non-hydrogen) atoms. The summed E-state index contributed by atoms with van der Waals surface area (Å²) in [6.07, 6.45) is 3.40. The van der Waals surface area contributed by atoms with Crippen LogP contribution in [-0.2, 0) is 4.74 Å². The molecule has 0 fully saturated rings. The summed E-state index contributed by atoms with van der Waals surface area (Å²) in [7, 11) is 1.76. The molecule has 0 amide bonds. The minimum atomic E-state index is 0.613. The predicted molar refractivity (Wildman–Crippen MR) is 61.5 cm³/mol. The Bertz CT molecular complexity index is 111. The average molecular weight is 205 g/mol. The van der Waals surface area contributed by atoms with Gasteiger partial charge in [-0.1, -0.05) is 6.92 Å². The van der Waals surface area contributed by atoms with Crippen LogP contribution in [0.1, 0.15) is 20.3 Å². The van der Waals surface area contributed by atoms with Gasteiger partial charge in [0.2, 0.25) is 0 Å². The zero-order chi connectivity index (χ0) is 10.1. The van der Waals surface area contributed by atoms with Crippen LogP contribution in [0, 0.1) is 5.92 Å². The lowest BCUT2D eigenvalue weighted by Crippen LogP contribution is -2.32. The molecule has 0 saturated carbocycles. The second-order valence-corrected chi connectivity index (χ2v) is 4.64. The minimum Gasteiger partial charge on any atom is -0.384 e. The van der Waals surface area contributed by atoms with Gasteiger partial charge in [-0.2, -0.15) is 11.8 Å². The monoisotopic (exact) mass is 205 g/mol. The van der Waals surface area contributed by atoms with Gasteiger partial charge in [0, 0.05) is 26.3 Å². The Kier molecular flexibility index (Phi) is 9.03. The van der Waals surface area contributed by atoms with Crippen molar-refractivity contribution in [3.63, 3.8) is 0 Å². The van der Waals surface area contributed by atoms with Gasteiger partial charge >= 0.3 is 0 Å². The molecule has 1 N–H and O–H groups in total. The number of hydrogen-bond donors (Lipinski definition) is 1. The van der Waals surface area contributed by atoms with Gasteiger partial charge in [-0.05, 0) is 31.3 Å². The molecule has 0 aromatic heterocycles. The van der Waals surface area contributed by atoms with Gasteiger partial charge in [-0.15, -0.1) is 0 Å². The zero-order valence-electron chi connectivity index (χ0n) is 9.30. The molecule has 0 aliphatic heterocycles. The fourth-order valence-electron chi connectivity index (χ4n) is 1.14. The van der Waals surface area contributed by atoms with Crippen LogP contribution in [0.2, 0.25) is 0 Å². The van der Waals surface area contributed by atoms with Crippen LogP contribution in [0.4, 0.5) is 0 Å². The second-order valence-electron chi connectivity index (χ2n) is 3.65. The number of methoxy groups -OCH3 is 1. The Hall–Kier alpha value is 0.270. The first-order chi connectivity index (χ1) is 6.20. The van der Waals surface area contributed by atoms with E-state index in [0.29, 0.717) is 12.0 Å². The molecule has 80 valence electrons. The fourth-order valence-corrected chi connectivity index (χ4v) is 1.73. The summed E-state index contributed by atoms with van der Waals surface area (Å²) in [5.74, 6) is 1.86. The summed E-state index contributed by atoms with van der Waals surface area (Å²) < 4.78 is 5.07. The highest BCUT2D eigenvalue weighted by molar-refractivity contribution is 7.98. The first kappa shape index (κ1) is 13.3. The van der Waals surface area contributed by atoms with Crippen molar-refractivity contribution in [2.45, 2.75) is 26.3 Å². The Morgan fingerprint density at radius 2 is 2.08 bits per heavy atom. The average Bonchev–Trinajstić information content (AvgIpc) is 2.12. The lowest BCUT2D eigenvalue weighted by atomic mass is 10.2. The molecule has 0 heterocycles. The van der Waals surface area contributed by atoms with Crippen LogP contribution < -0.4 is 5.32 Å². The van der Waals surface area contributed by atoms with Crippen molar-refractivity contribution in [3.8, 4) is 0 Å². The summed E-state index contributed by atoms with van der Waals surface area (Å²) in [4.78, 5) is 0. The van der Waals surface area contributed by atoms with Crippen molar-refractivity contribution in [1.82, 2.24) is 5.32 Å². The van der Waals surface area contributed by atoms with Crippen LogP contribution in [-0.4, -0.2) is 38.3 Å². The van der Waals surface area contributed by atoms with E-state index in [-0.39, 0.29) is 0 Å². The Morgan fingerprint density at radius 3 is 2.62 bits per heavy atom. The number of rotatable bonds is 8. The highest BCUT2D eigenvalue weighted by atomic mass is 32.2. The van der Waals surface area contributed by atoms with E-state index < -0.39 is 0 Å². The molecule has 0 aliphatic rings. The third-order valence-corrected chi connectivity index (χ3v) is 2.66. The summed E-state index contributed by atoms with van der Waals surface area (Å²) in [5.41, 5.74) is 0. The van der Waals surface area contributed by atoms with E-state index in [2.05, 4.69) is 25.4 Å². The third-order valence-electron chi connectivity index (χ3n) is 2.02. The van der Waals surface area contributed by atoms with Crippen LogP contribution in [0.5, 0.6) is 0 Å². The molecule has 0 aromatic carbocycles. The van der Waals surface area contributed by atoms with E-state index in [0.717, 1.165) is 13.2 Å². The highest BCUT2D eigenvalue weighted by Crippen LogP contribution is 2.01. The number of nitrogens with one attached hydrogen (secondary N) is 1. The van der Waals surface area contributed by atoms with Gasteiger partial charge in [-0.3, -0.25) is 0 Å². The predicted octanol–water partition coefficient (Wildman–Crippen LogP) is 2.00. The molecule has 0 saturated heterocycles. The fraction of sp³-hybridized carbons (Fsp3) is 1.00. The van der Waals surface area contributed by atoms with Gasteiger partial charge < -0.3 is 10.1 Å². The van der Waals surface area contributed by atoms with Crippen molar-refractivity contribution < 1.29 is 4.74 Å². The van der Waals surface area contributed by atoms with Crippen molar-refractivity contribution in [1.29, 1.82) is 0 Å². The highest BCUT2D eigenvalue weighted by Gasteiger charge is 2.04. The van der Waals surface area contributed by atoms with Gasteiger partial charge in [0.25, 0.3) is 0 Å². The summed E-state index contributed by atoms with van der Waals surface area (Å²) in [6.45, 7) is 6.36. The second kappa shape index (κ2) is 8.85. The molecular formula is C10H23NOS. The van der Waals surface area contributed by atoms with Crippen LogP contribution >= 0.6 is 11.8 Å². The molecule has 0 bridgehead atoms. The number of hydrogen-bond acceptors (Lipinski definition) is 3. The maximum atomic E-state index is 5.07. The molecular weight excluding hydrogens is 182 g/mol. The van der Waals surface area contributed by atoms with Gasteiger partial charge in [0.05, 0.1) is 0 Å². The summed E-state index contributed by atoms with van der Waals surface area (Å²) in [5, 5.41) is 3.51. The first-order valence-electron chi connectivity index (χ1n) is 4.92. The maximum Gasteiger partial charge on any atom is 0.0499 e. The molecule has 0 radical (unpaired) electrons.